The summed E-state index contributed by atoms with van der Waals surface area (Å²) < 4.78 is 4.70. The molecule has 106 valence electrons. The molecule has 0 amide bonds. The smallest absolute Gasteiger partial charge is 0.226 e. The number of aromatic nitrogens is 4. The van der Waals surface area contributed by atoms with Crippen molar-refractivity contribution < 1.29 is 4.63 Å². The van der Waals surface area contributed by atoms with Crippen LogP contribution in [0.4, 0.5) is 5.69 Å². The van der Waals surface area contributed by atoms with Crippen LogP contribution in [0.25, 0.3) is 11.2 Å². The normalized spacial score (nSPS) is 14.7. The van der Waals surface area contributed by atoms with Gasteiger partial charge in [0.1, 0.15) is 0 Å². The highest BCUT2D eigenvalue weighted by molar-refractivity contribution is 5.85. The van der Waals surface area contributed by atoms with Crippen LogP contribution in [0.5, 0.6) is 0 Å². The minimum Gasteiger partial charge on any atom is -0.396 e. The first-order chi connectivity index (χ1) is 10.2. The summed E-state index contributed by atoms with van der Waals surface area (Å²) in [5, 5.41) is 7.55. The minimum atomic E-state index is 0.450. The third-order valence-electron chi connectivity index (χ3n) is 4.02. The highest BCUT2D eigenvalue weighted by Crippen LogP contribution is 2.39. The van der Waals surface area contributed by atoms with E-state index < -0.39 is 0 Å². The van der Waals surface area contributed by atoms with Crippen molar-refractivity contribution in [1.29, 1.82) is 0 Å². The highest BCUT2D eigenvalue weighted by atomic mass is 16.6. The molecule has 1 saturated carbocycles. The summed E-state index contributed by atoms with van der Waals surface area (Å²) in [5.74, 6) is 0.720. The Labute approximate surface area is 121 Å². The lowest BCUT2D eigenvalue weighted by molar-refractivity contribution is 0.315. The van der Waals surface area contributed by atoms with Crippen LogP contribution in [0, 0.1) is 6.92 Å². The van der Waals surface area contributed by atoms with Crippen molar-refractivity contribution in [2.75, 3.05) is 5.73 Å². The molecule has 21 heavy (non-hydrogen) atoms. The number of nitrogens with zero attached hydrogens (tertiary/aromatic N) is 4. The van der Waals surface area contributed by atoms with Gasteiger partial charge in [0, 0.05) is 29.6 Å². The summed E-state index contributed by atoms with van der Waals surface area (Å²) in [4.78, 5) is 8.92. The number of anilines is 1. The molecule has 0 atom stereocenters. The Balaban J connectivity index is 1.69. The van der Waals surface area contributed by atoms with Gasteiger partial charge in [0.2, 0.25) is 5.65 Å². The fraction of sp³-hybridized carbons (Fsp3) is 0.333. The number of fused-ring (bicyclic) bond motifs is 1. The first kappa shape index (κ1) is 12.3. The van der Waals surface area contributed by atoms with E-state index in [1.807, 2.05) is 13.1 Å². The summed E-state index contributed by atoms with van der Waals surface area (Å²) in [6.45, 7) is 1.92. The maximum atomic E-state index is 6.17. The van der Waals surface area contributed by atoms with E-state index in [9.17, 15) is 0 Å². The summed E-state index contributed by atoms with van der Waals surface area (Å²) in [6.07, 6.45) is 5.18. The number of rotatable bonds is 3. The third-order valence-corrected chi connectivity index (χ3v) is 4.02. The quantitative estimate of drug-likeness (QED) is 0.792. The first-order valence-electron chi connectivity index (χ1n) is 7.04. The number of nitrogen functional groups attached to an aromatic ring is 1. The molecule has 0 saturated heterocycles. The topological polar surface area (TPSA) is 90.7 Å². The summed E-state index contributed by atoms with van der Waals surface area (Å²) in [5.41, 5.74) is 11.8. The van der Waals surface area contributed by atoms with Crippen molar-refractivity contribution in [2.24, 2.45) is 0 Å². The number of aryl methyl sites for hydroxylation is 1. The average molecular weight is 281 g/mol. The molecular weight excluding hydrogens is 266 g/mol. The Morgan fingerprint density at radius 3 is 2.86 bits per heavy atom. The van der Waals surface area contributed by atoms with Gasteiger partial charge in [-0.2, -0.15) is 0 Å². The standard InChI is InChI=1S/C15H15N5O/c1-8-12(13(16)14-15(18-8)20-21-19-14)6-11-5-4-10(7-17-11)9-2-3-9/h4-5,7,9H,2-3,6,16H2,1H3. The van der Waals surface area contributed by atoms with E-state index in [-0.39, 0.29) is 0 Å². The van der Waals surface area contributed by atoms with Crippen molar-refractivity contribution in [3.8, 4) is 0 Å². The zero-order valence-electron chi connectivity index (χ0n) is 11.7. The number of hydrogen-bond acceptors (Lipinski definition) is 6. The van der Waals surface area contributed by atoms with Crippen LogP contribution >= 0.6 is 0 Å². The van der Waals surface area contributed by atoms with E-state index in [0.717, 1.165) is 22.9 Å². The highest BCUT2D eigenvalue weighted by Gasteiger charge is 2.23. The number of pyridine rings is 2. The second-order valence-electron chi connectivity index (χ2n) is 5.56. The van der Waals surface area contributed by atoms with Crippen LogP contribution in [0.2, 0.25) is 0 Å². The molecule has 6 heteroatoms. The van der Waals surface area contributed by atoms with Gasteiger partial charge in [0.15, 0.2) is 5.52 Å². The van der Waals surface area contributed by atoms with Crippen LogP contribution in [-0.4, -0.2) is 20.3 Å². The summed E-state index contributed by atoms with van der Waals surface area (Å²) in [6, 6.07) is 4.23. The Kier molecular flexibility index (Phi) is 2.63. The predicted molar refractivity (Wildman–Crippen MR) is 77.8 cm³/mol. The molecule has 3 aromatic rings. The van der Waals surface area contributed by atoms with E-state index in [1.165, 1.54) is 18.4 Å². The summed E-state index contributed by atoms with van der Waals surface area (Å²) >= 11 is 0. The molecule has 1 aliphatic rings. The second kappa shape index (κ2) is 4.51. The first-order valence-corrected chi connectivity index (χ1v) is 7.04. The van der Waals surface area contributed by atoms with Crippen LogP contribution < -0.4 is 5.73 Å². The van der Waals surface area contributed by atoms with Crippen molar-refractivity contribution in [1.82, 2.24) is 20.3 Å². The van der Waals surface area contributed by atoms with E-state index >= 15 is 0 Å². The minimum absolute atomic E-state index is 0.450. The molecule has 4 rings (SSSR count). The van der Waals surface area contributed by atoms with Crippen molar-refractivity contribution in [2.45, 2.75) is 32.1 Å². The maximum Gasteiger partial charge on any atom is 0.226 e. The zero-order valence-corrected chi connectivity index (χ0v) is 11.7. The van der Waals surface area contributed by atoms with Gasteiger partial charge in [-0.25, -0.2) is 9.61 Å². The van der Waals surface area contributed by atoms with Crippen LogP contribution in [0.15, 0.2) is 23.0 Å². The Morgan fingerprint density at radius 2 is 2.14 bits per heavy atom. The monoisotopic (exact) mass is 281 g/mol. The van der Waals surface area contributed by atoms with E-state index in [1.54, 1.807) is 0 Å². The number of nitrogens with two attached hydrogens (primary N) is 1. The lowest BCUT2D eigenvalue weighted by Gasteiger charge is -2.08. The fourth-order valence-electron chi connectivity index (χ4n) is 2.59. The Morgan fingerprint density at radius 1 is 1.29 bits per heavy atom. The van der Waals surface area contributed by atoms with Crippen LogP contribution in [-0.2, 0) is 6.42 Å². The molecule has 0 aliphatic heterocycles. The SMILES string of the molecule is Cc1nc2nonc2c(N)c1Cc1ccc(C2CC2)cn1. The van der Waals surface area contributed by atoms with Gasteiger partial charge in [-0.1, -0.05) is 6.07 Å². The molecule has 3 heterocycles. The predicted octanol–water partition coefficient (Wildman–Crippen LogP) is 2.37. The number of hydrogen-bond donors (Lipinski definition) is 1. The molecule has 0 aromatic carbocycles. The van der Waals surface area contributed by atoms with Crippen molar-refractivity contribution >= 4 is 16.9 Å². The molecule has 0 spiro atoms. The van der Waals surface area contributed by atoms with Gasteiger partial charge in [0.25, 0.3) is 0 Å². The maximum absolute atomic E-state index is 6.17. The van der Waals surface area contributed by atoms with Gasteiger partial charge >= 0.3 is 0 Å². The molecule has 0 bridgehead atoms. The van der Waals surface area contributed by atoms with Gasteiger partial charge in [0.05, 0.1) is 5.69 Å². The molecule has 2 N–H and O–H groups in total. The van der Waals surface area contributed by atoms with Crippen molar-refractivity contribution in [3.63, 3.8) is 0 Å². The lowest BCUT2D eigenvalue weighted by Crippen LogP contribution is -2.03. The molecule has 1 fully saturated rings. The van der Waals surface area contributed by atoms with Gasteiger partial charge in [-0.05, 0) is 47.6 Å². The molecule has 0 radical (unpaired) electrons. The zero-order chi connectivity index (χ0) is 14.4. The van der Waals surface area contributed by atoms with E-state index in [0.29, 0.717) is 23.3 Å². The average Bonchev–Trinajstić information content (AvgIpc) is 3.23. The largest absolute Gasteiger partial charge is 0.396 e. The molecule has 6 nitrogen and oxygen atoms in total. The van der Waals surface area contributed by atoms with Gasteiger partial charge in [-0.3, -0.25) is 4.98 Å². The van der Waals surface area contributed by atoms with Crippen molar-refractivity contribution in [3.05, 3.63) is 40.8 Å². The molecule has 1 aliphatic carbocycles. The Hall–Kier alpha value is -2.50. The van der Waals surface area contributed by atoms with E-state index in [4.69, 9.17) is 10.4 Å². The summed E-state index contributed by atoms with van der Waals surface area (Å²) in [7, 11) is 0. The van der Waals surface area contributed by atoms with E-state index in [2.05, 4.69) is 32.4 Å². The lowest BCUT2D eigenvalue weighted by atomic mass is 10.0. The second-order valence-corrected chi connectivity index (χ2v) is 5.56. The third kappa shape index (κ3) is 2.12. The van der Waals surface area contributed by atoms with Crippen LogP contribution in [0.3, 0.4) is 0 Å². The van der Waals surface area contributed by atoms with Gasteiger partial charge in [-0.15, -0.1) is 0 Å². The molecule has 0 unspecified atom stereocenters. The van der Waals surface area contributed by atoms with Crippen LogP contribution in [0.1, 0.15) is 41.3 Å². The Bertz CT molecular complexity index is 805. The molecular formula is C15H15N5O. The fourth-order valence-corrected chi connectivity index (χ4v) is 2.59. The molecule has 3 aromatic heterocycles. The van der Waals surface area contributed by atoms with Gasteiger partial charge < -0.3 is 5.73 Å².